The largest absolute Gasteiger partial charge is 0.378 e. The second-order valence-electron chi connectivity index (χ2n) is 5.59. The van der Waals surface area contributed by atoms with Crippen LogP contribution in [-0.2, 0) is 0 Å². The summed E-state index contributed by atoms with van der Waals surface area (Å²) in [4.78, 5) is 16.8. The molecule has 116 valence electrons. The van der Waals surface area contributed by atoms with E-state index in [9.17, 15) is 4.79 Å². The van der Waals surface area contributed by atoms with Crippen molar-refractivity contribution in [2.24, 2.45) is 0 Å². The van der Waals surface area contributed by atoms with Gasteiger partial charge in [-0.1, -0.05) is 37.6 Å². The van der Waals surface area contributed by atoms with Crippen LogP contribution in [0, 0.1) is 0 Å². The van der Waals surface area contributed by atoms with E-state index in [0.717, 1.165) is 36.3 Å². The third-order valence-electron chi connectivity index (χ3n) is 3.66. The van der Waals surface area contributed by atoms with Gasteiger partial charge in [0.25, 0.3) is 5.91 Å². The molecule has 2 rings (SSSR count). The number of carbonyl (C=O) groups is 1. The molecule has 0 aromatic heterocycles. The van der Waals surface area contributed by atoms with Crippen LogP contribution in [0.25, 0.3) is 0 Å². The zero-order valence-electron chi connectivity index (χ0n) is 13.6. The number of rotatable bonds is 6. The van der Waals surface area contributed by atoms with Gasteiger partial charge < -0.3 is 9.80 Å². The molecule has 0 heterocycles. The van der Waals surface area contributed by atoms with E-state index < -0.39 is 0 Å². The average Bonchev–Trinajstić information content (AvgIpc) is 2.56. The first-order valence-electron chi connectivity index (χ1n) is 7.77. The highest BCUT2D eigenvalue weighted by Gasteiger charge is 2.17. The number of hydrogen-bond acceptors (Lipinski definition) is 2. The van der Waals surface area contributed by atoms with E-state index in [1.165, 1.54) is 0 Å². The van der Waals surface area contributed by atoms with Gasteiger partial charge in [-0.3, -0.25) is 4.79 Å². The SMILES string of the molecule is CCCCN(C(=O)c1cccc(N(C)C)c1)c1ccccc1. The third kappa shape index (κ3) is 3.88. The Labute approximate surface area is 133 Å². The minimum Gasteiger partial charge on any atom is -0.378 e. The molecule has 0 spiro atoms. The van der Waals surface area contributed by atoms with Crippen molar-refractivity contribution in [3.63, 3.8) is 0 Å². The summed E-state index contributed by atoms with van der Waals surface area (Å²) in [6.07, 6.45) is 2.06. The Kier molecular flexibility index (Phi) is 5.59. The minimum atomic E-state index is 0.0587. The van der Waals surface area contributed by atoms with Crippen molar-refractivity contribution in [3.8, 4) is 0 Å². The van der Waals surface area contributed by atoms with Crippen LogP contribution in [0.3, 0.4) is 0 Å². The molecule has 1 amide bonds. The number of hydrogen-bond donors (Lipinski definition) is 0. The van der Waals surface area contributed by atoms with Gasteiger partial charge in [-0.2, -0.15) is 0 Å². The Morgan fingerprint density at radius 1 is 0.955 bits per heavy atom. The molecule has 0 saturated heterocycles. The van der Waals surface area contributed by atoms with Crippen molar-refractivity contribution in [3.05, 3.63) is 60.2 Å². The molecule has 0 aliphatic carbocycles. The van der Waals surface area contributed by atoms with Crippen molar-refractivity contribution in [1.82, 2.24) is 0 Å². The lowest BCUT2D eigenvalue weighted by Crippen LogP contribution is -2.32. The molecule has 3 nitrogen and oxygen atoms in total. The van der Waals surface area contributed by atoms with E-state index in [0.29, 0.717) is 0 Å². The Balaban J connectivity index is 2.31. The maximum Gasteiger partial charge on any atom is 0.258 e. The average molecular weight is 296 g/mol. The summed E-state index contributed by atoms with van der Waals surface area (Å²) in [5.74, 6) is 0.0587. The van der Waals surface area contributed by atoms with E-state index in [1.807, 2.05) is 78.5 Å². The van der Waals surface area contributed by atoms with Gasteiger partial charge >= 0.3 is 0 Å². The summed E-state index contributed by atoms with van der Waals surface area (Å²) in [6.45, 7) is 2.88. The van der Waals surface area contributed by atoms with E-state index in [1.54, 1.807) is 0 Å². The second-order valence-corrected chi connectivity index (χ2v) is 5.59. The van der Waals surface area contributed by atoms with Crippen LogP contribution in [0.2, 0.25) is 0 Å². The number of unbranched alkanes of at least 4 members (excludes halogenated alkanes) is 1. The smallest absolute Gasteiger partial charge is 0.258 e. The predicted molar refractivity (Wildman–Crippen MR) is 93.8 cm³/mol. The number of anilines is 2. The first-order valence-corrected chi connectivity index (χ1v) is 7.77. The summed E-state index contributed by atoms with van der Waals surface area (Å²) in [5.41, 5.74) is 2.72. The lowest BCUT2D eigenvalue weighted by atomic mass is 10.1. The molecule has 0 N–H and O–H groups in total. The van der Waals surface area contributed by atoms with E-state index >= 15 is 0 Å². The topological polar surface area (TPSA) is 23.6 Å². The maximum atomic E-state index is 12.9. The number of amides is 1. The first kappa shape index (κ1) is 16.1. The van der Waals surface area contributed by atoms with Crippen LogP contribution >= 0.6 is 0 Å². The molecule has 0 unspecified atom stereocenters. The zero-order valence-corrected chi connectivity index (χ0v) is 13.6. The van der Waals surface area contributed by atoms with Gasteiger partial charge in [-0.15, -0.1) is 0 Å². The summed E-state index contributed by atoms with van der Waals surface area (Å²) in [7, 11) is 3.96. The zero-order chi connectivity index (χ0) is 15.9. The molecule has 0 bridgehead atoms. The Bertz CT molecular complexity index is 608. The van der Waals surface area contributed by atoms with Crippen molar-refractivity contribution in [2.75, 3.05) is 30.4 Å². The number of benzene rings is 2. The first-order chi connectivity index (χ1) is 10.6. The van der Waals surface area contributed by atoms with Gasteiger partial charge in [0.1, 0.15) is 0 Å². The molecule has 0 fully saturated rings. The summed E-state index contributed by atoms with van der Waals surface area (Å²) >= 11 is 0. The molecule has 2 aromatic carbocycles. The maximum absolute atomic E-state index is 12.9. The van der Waals surface area contributed by atoms with Crippen molar-refractivity contribution in [1.29, 1.82) is 0 Å². The van der Waals surface area contributed by atoms with Crippen molar-refractivity contribution in [2.45, 2.75) is 19.8 Å². The molecular formula is C19H24N2O. The van der Waals surface area contributed by atoms with E-state index in [-0.39, 0.29) is 5.91 Å². The summed E-state index contributed by atoms with van der Waals surface area (Å²) in [5, 5.41) is 0. The quantitative estimate of drug-likeness (QED) is 0.797. The molecule has 0 aliphatic rings. The monoisotopic (exact) mass is 296 g/mol. The van der Waals surface area contributed by atoms with E-state index in [4.69, 9.17) is 0 Å². The highest BCUT2D eigenvalue weighted by atomic mass is 16.2. The van der Waals surface area contributed by atoms with Crippen LogP contribution in [0.5, 0.6) is 0 Å². The van der Waals surface area contributed by atoms with Gasteiger partial charge in [0, 0.05) is 37.6 Å². The fourth-order valence-corrected chi connectivity index (χ4v) is 2.35. The van der Waals surface area contributed by atoms with Gasteiger partial charge in [0.2, 0.25) is 0 Å². The second kappa shape index (κ2) is 7.64. The summed E-state index contributed by atoms with van der Waals surface area (Å²) in [6, 6.07) is 17.7. The highest BCUT2D eigenvalue weighted by molar-refractivity contribution is 6.06. The van der Waals surface area contributed by atoms with Crippen LogP contribution in [-0.4, -0.2) is 26.5 Å². The fraction of sp³-hybridized carbons (Fsp3) is 0.316. The number of nitrogens with zero attached hydrogens (tertiary/aromatic N) is 2. The Morgan fingerprint density at radius 3 is 2.27 bits per heavy atom. The van der Waals surface area contributed by atoms with E-state index in [2.05, 4.69) is 6.92 Å². The van der Waals surface area contributed by atoms with Crippen LogP contribution < -0.4 is 9.80 Å². The Morgan fingerprint density at radius 2 is 1.64 bits per heavy atom. The van der Waals surface area contributed by atoms with Crippen LogP contribution in [0.1, 0.15) is 30.1 Å². The molecule has 22 heavy (non-hydrogen) atoms. The molecule has 0 atom stereocenters. The standard InChI is InChI=1S/C19H24N2O/c1-4-5-14-21(17-11-7-6-8-12-17)19(22)16-10-9-13-18(15-16)20(2)3/h6-13,15H,4-5,14H2,1-3H3. The Hall–Kier alpha value is -2.29. The van der Waals surface area contributed by atoms with Gasteiger partial charge in [-0.05, 0) is 36.8 Å². The van der Waals surface area contributed by atoms with Crippen molar-refractivity contribution < 1.29 is 4.79 Å². The molecule has 2 aromatic rings. The number of para-hydroxylation sites is 1. The van der Waals surface area contributed by atoms with Gasteiger partial charge in [0.05, 0.1) is 0 Å². The molecule has 0 radical (unpaired) electrons. The molecule has 0 saturated carbocycles. The fourth-order valence-electron chi connectivity index (χ4n) is 2.35. The lowest BCUT2D eigenvalue weighted by Gasteiger charge is -2.23. The molecular weight excluding hydrogens is 272 g/mol. The minimum absolute atomic E-state index is 0.0587. The summed E-state index contributed by atoms with van der Waals surface area (Å²) < 4.78 is 0. The lowest BCUT2D eigenvalue weighted by molar-refractivity contribution is 0.0986. The highest BCUT2D eigenvalue weighted by Crippen LogP contribution is 2.20. The van der Waals surface area contributed by atoms with Crippen molar-refractivity contribution >= 4 is 17.3 Å². The van der Waals surface area contributed by atoms with Crippen LogP contribution in [0.4, 0.5) is 11.4 Å². The van der Waals surface area contributed by atoms with Gasteiger partial charge in [-0.25, -0.2) is 0 Å². The molecule has 3 heteroatoms. The van der Waals surface area contributed by atoms with Gasteiger partial charge in [0.15, 0.2) is 0 Å². The third-order valence-corrected chi connectivity index (χ3v) is 3.66. The van der Waals surface area contributed by atoms with Crippen LogP contribution in [0.15, 0.2) is 54.6 Å². The predicted octanol–water partition coefficient (Wildman–Crippen LogP) is 4.20. The normalized spacial score (nSPS) is 10.3. The molecule has 0 aliphatic heterocycles. The number of carbonyl (C=O) groups excluding carboxylic acids is 1.